The Morgan fingerprint density at radius 3 is 1.53 bits per heavy atom. The lowest BCUT2D eigenvalue weighted by molar-refractivity contribution is -0.384. The lowest BCUT2D eigenvalue weighted by Crippen LogP contribution is -2.05. The summed E-state index contributed by atoms with van der Waals surface area (Å²) in [6.45, 7) is 7.00. The van der Waals surface area contributed by atoms with E-state index in [0.717, 1.165) is 24.1 Å². The molecule has 0 saturated heterocycles. The van der Waals surface area contributed by atoms with E-state index in [0.29, 0.717) is 5.69 Å². The van der Waals surface area contributed by atoms with Crippen molar-refractivity contribution in [3.8, 4) is 0 Å². The first-order valence-corrected chi connectivity index (χ1v) is 12.6. The molecular formula is C26H46N2O2. The van der Waals surface area contributed by atoms with Gasteiger partial charge in [-0.15, -0.1) is 0 Å². The van der Waals surface area contributed by atoms with Crippen LogP contribution in [0.25, 0.3) is 0 Å². The van der Waals surface area contributed by atoms with Crippen LogP contribution >= 0.6 is 0 Å². The number of nitrogens with zero attached hydrogens (tertiary/aromatic N) is 1. The molecule has 4 nitrogen and oxygen atoms in total. The molecule has 0 spiro atoms. The van der Waals surface area contributed by atoms with Crippen molar-refractivity contribution in [3.05, 3.63) is 33.4 Å². The van der Waals surface area contributed by atoms with Crippen LogP contribution in [0, 0.1) is 24.0 Å². The summed E-state index contributed by atoms with van der Waals surface area (Å²) in [5.74, 6) is 0. The molecule has 0 saturated carbocycles. The number of anilines is 1. The summed E-state index contributed by atoms with van der Waals surface area (Å²) in [5.41, 5.74) is 2.91. The highest BCUT2D eigenvalue weighted by molar-refractivity contribution is 5.64. The summed E-state index contributed by atoms with van der Waals surface area (Å²) in [4.78, 5) is 10.9. The molecule has 0 aliphatic rings. The number of nitro benzene ring substituents is 1. The molecule has 30 heavy (non-hydrogen) atoms. The number of rotatable bonds is 19. The Hall–Kier alpha value is -1.58. The van der Waals surface area contributed by atoms with Gasteiger partial charge in [-0.2, -0.15) is 0 Å². The topological polar surface area (TPSA) is 55.2 Å². The number of hydrogen-bond acceptors (Lipinski definition) is 3. The number of hydrogen-bond donors (Lipinski definition) is 1. The fourth-order valence-corrected chi connectivity index (χ4v) is 3.99. The second-order valence-corrected chi connectivity index (χ2v) is 8.94. The predicted octanol–water partition coefficient (Wildman–Crippen LogP) is 8.89. The van der Waals surface area contributed by atoms with Crippen molar-refractivity contribution < 1.29 is 4.92 Å². The van der Waals surface area contributed by atoms with Gasteiger partial charge in [-0.25, -0.2) is 0 Å². The molecule has 1 rings (SSSR count). The van der Waals surface area contributed by atoms with Crippen molar-refractivity contribution >= 4 is 11.4 Å². The Kier molecular flexibility index (Phi) is 15.1. The smallest absolute Gasteiger partial charge is 0.292 e. The normalized spacial score (nSPS) is 11.0. The van der Waals surface area contributed by atoms with Crippen LogP contribution < -0.4 is 5.32 Å². The van der Waals surface area contributed by atoms with Crippen LogP contribution in [0.1, 0.15) is 121 Å². The molecule has 1 aromatic carbocycles. The van der Waals surface area contributed by atoms with E-state index in [1.165, 1.54) is 96.3 Å². The van der Waals surface area contributed by atoms with Gasteiger partial charge in [0.1, 0.15) is 5.69 Å². The molecule has 1 N–H and O–H groups in total. The Morgan fingerprint density at radius 2 is 1.10 bits per heavy atom. The minimum atomic E-state index is -0.289. The van der Waals surface area contributed by atoms with Crippen LogP contribution in [0.5, 0.6) is 0 Å². The van der Waals surface area contributed by atoms with E-state index in [9.17, 15) is 10.1 Å². The summed E-state index contributed by atoms with van der Waals surface area (Å²) < 4.78 is 0. The summed E-state index contributed by atoms with van der Waals surface area (Å²) >= 11 is 0. The highest BCUT2D eigenvalue weighted by atomic mass is 16.6. The van der Waals surface area contributed by atoms with Gasteiger partial charge in [-0.3, -0.25) is 10.1 Å². The Labute approximate surface area is 185 Å². The molecule has 0 aliphatic carbocycles. The third-order valence-corrected chi connectivity index (χ3v) is 6.15. The third-order valence-electron chi connectivity index (χ3n) is 6.15. The molecule has 0 radical (unpaired) electrons. The number of unbranched alkanes of at least 4 members (excludes halogenated alkanes) is 15. The van der Waals surface area contributed by atoms with Crippen molar-refractivity contribution in [2.75, 3.05) is 11.9 Å². The zero-order chi connectivity index (χ0) is 22.0. The van der Waals surface area contributed by atoms with Gasteiger partial charge in [0.05, 0.1) is 4.92 Å². The molecule has 0 bridgehead atoms. The van der Waals surface area contributed by atoms with E-state index >= 15 is 0 Å². The molecule has 0 amide bonds. The number of nitrogens with one attached hydrogen (secondary N) is 1. The standard InChI is InChI=1S/C26H46N2O2/c1-4-5-6-7-8-9-10-11-12-13-14-15-16-17-18-19-20-27-25-21-23(2)24(3)22-26(25)28(29)30/h21-22,27H,4-20H2,1-3H3. The highest BCUT2D eigenvalue weighted by Crippen LogP contribution is 2.28. The van der Waals surface area contributed by atoms with Crippen LogP contribution in [0.2, 0.25) is 0 Å². The minimum Gasteiger partial charge on any atom is -0.379 e. The van der Waals surface area contributed by atoms with Crippen LogP contribution in [0.3, 0.4) is 0 Å². The monoisotopic (exact) mass is 418 g/mol. The maximum absolute atomic E-state index is 11.2. The van der Waals surface area contributed by atoms with Gasteiger partial charge in [0.15, 0.2) is 0 Å². The average molecular weight is 419 g/mol. The fourth-order valence-electron chi connectivity index (χ4n) is 3.99. The summed E-state index contributed by atoms with van der Waals surface area (Å²) in [6, 6.07) is 3.57. The fraction of sp³-hybridized carbons (Fsp3) is 0.769. The maximum atomic E-state index is 11.2. The lowest BCUT2D eigenvalue weighted by Gasteiger charge is -2.10. The molecule has 0 unspecified atom stereocenters. The number of nitro groups is 1. The maximum Gasteiger partial charge on any atom is 0.292 e. The first-order valence-electron chi connectivity index (χ1n) is 12.6. The van der Waals surface area contributed by atoms with Gasteiger partial charge in [-0.1, -0.05) is 103 Å². The SMILES string of the molecule is CCCCCCCCCCCCCCCCCCNc1cc(C)c(C)cc1[N+](=O)[O-]. The first-order chi connectivity index (χ1) is 14.6. The van der Waals surface area contributed by atoms with Crippen LogP contribution in [-0.2, 0) is 0 Å². The van der Waals surface area contributed by atoms with Crippen LogP contribution in [0.4, 0.5) is 11.4 Å². The van der Waals surface area contributed by atoms with E-state index < -0.39 is 0 Å². The largest absolute Gasteiger partial charge is 0.379 e. The molecule has 4 heteroatoms. The Balaban J connectivity index is 1.94. The van der Waals surface area contributed by atoms with Crippen molar-refractivity contribution in [1.82, 2.24) is 0 Å². The zero-order valence-corrected chi connectivity index (χ0v) is 19.9. The van der Waals surface area contributed by atoms with Crippen molar-refractivity contribution in [2.45, 2.75) is 124 Å². The first kappa shape index (κ1) is 26.5. The van der Waals surface area contributed by atoms with Gasteiger partial charge in [0, 0.05) is 12.6 Å². The highest BCUT2D eigenvalue weighted by Gasteiger charge is 2.14. The van der Waals surface area contributed by atoms with E-state index in [1.54, 1.807) is 6.07 Å². The quantitative estimate of drug-likeness (QED) is 0.139. The van der Waals surface area contributed by atoms with Gasteiger partial charge in [0.2, 0.25) is 0 Å². The molecule has 0 heterocycles. The Bertz CT molecular complexity index is 587. The third kappa shape index (κ3) is 12.2. The van der Waals surface area contributed by atoms with E-state index in [-0.39, 0.29) is 10.6 Å². The van der Waals surface area contributed by atoms with Gasteiger partial charge in [-0.05, 0) is 37.5 Å². The molecule has 0 aliphatic heterocycles. The second-order valence-electron chi connectivity index (χ2n) is 8.94. The van der Waals surface area contributed by atoms with E-state index in [1.807, 2.05) is 19.9 Å². The minimum absolute atomic E-state index is 0.189. The van der Waals surface area contributed by atoms with Gasteiger partial charge in [0.25, 0.3) is 5.69 Å². The number of aryl methyl sites for hydroxylation is 2. The molecule has 0 atom stereocenters. The summed E-state index contributed by atoms with van der Waals surface area (Å²) in [6.07, 6.45) is 21.7. The second kappa shape index (κ2) is 17.1. The van der Waals surface area contributed by atoms with Crippen LogP contribution in [-0.4, -0.2) is 11.5 Å². The zero-order valence-electron chi connectivity index (χ0n) is 19.9. The molecular weight excluding hydrogens is 372 g/mol. The van der Waals surface area contributed by atoms with Crippen molar-refractivity contribution in [3.63, 3.8) is 0 Å². The van der Waals surface area contributed by atoms with Gasteiger partial charge < -0.3 is 5.32 Å². The number of benzene rings is 1. The van der Waals surface area contributed by atoms with Crippen molar-refractivity contribution in [1.29, 1.82) is 0 Å². The lowest BCUT2D eigenvalue weighted by atomic mass is 10.0. The van der Waals surface area contributed by atoms with E-state index in [4.69, 9.17) is 0 Å². The summed E-state index contributed by atoms with van der Waals surface area (Å²) in [5, 5.41) is 14.5. The predicted molar refractivity (Wildman–Crippen MR) is 131 cm³/mol. The van der Waals surface area contributed by atoms with Gasteiger partial charge >= 0.3 is 0 Å². The molecule has 0 fully saturated rings. The molecule has 0 aromatic heterocycles. The van der Waals surface area contributed by atoms with Crippen molar-refractivity contribution in [2.24, 2.45) is 0 Å². The van der Waals surface area contributed by atoms with E-state index in [2.05, 4.69) is 12.2 Å². The average Bonchev–Trinajstić information content (AvgIpc) is 2.72. The molecule has 1 aromatic rings. The van der Waals surface area contributed by atoms with Crippen LogP contribution in [0.15, 0.2) is 12.1 Å². The Morgan fingerprint density at radius 1 is 0.700 bits per heavy atom. The molecule has 172 valence electrons. The summed E-state index contributed by atoms with van der Waals surface area (Å²) in [7, 11) is 0.